The quantitative estimate of drug-likeness (QED) is 0.913. The Bertz CT molecular complexity index is 462. The Morgan fingerprint density at radius 1 is 1.20 bits per heavy atom. The van der Waals surface area contributed by atoms with Crippen LogP contribution in [0.2, 0.25) is 0 Å². The van der Waals surface area contributed by atoms with Gasteiger partial charge in [-0.25, -0.2) is 0 Å². The summed E-state index contributed by atoms with van der Waals surface area (Å²) in [4.78, 5) is 13.8. The summed E-state index contributed by atoms with van der Waals surface area (Å²) in [5.74, 6) is 0.525. The number of rotatable bonds is 4. The van der Waals surface area contributed by atoms with E-state index in [1.807, 2.05) is 4.90 Å². The van der Waals surface area contributed by atoms with Crippen molar-refractivity contribution in [2.24, 2.45) is 0 Å². The van der Waals surface area contributed by atoms with Gasteiger partial charge in [0.05, 0.1) is 0 Å². The number of aromatic nitrogens is 3. The Labute approximate surface area is 114 Å². The number of hydrogen-bond donors (Lipinski definition) is 1. The normalized spacial score (nSPS) is 17.1. The number of halogens is 3. The summed E-state index contributed by atoms with van der Waals surface area (Å²) in [7, 11) is 1.58. The largest absolute Gasteiger partial charge is 0.451 e. The molecular weight excluding hydrogens is 275 g/mol. The number of nitrogens with one attached hydrogen (secondary N) is 1. The maximum atomic E-state index is 12.5. The summed E-state index contributed by atoms with van der Waals surface area (Å²) in [6.07, 6.45) is -4.41. The number of anilines is 2. The molecule has 0 aromatic carbocycles. The van der Waals surface area contributed by atoms with E-state index in [0.29, 0.717) is 5.95 Å². The maximum absolute atomic E-state index is 12.5. The van der Waals surface area contributed by atoms with Crippen molar-refractivity contribution in [2.45, 2.75) is 32.0 Å². The van der Waals surface area contributed by atoms with Crippen molar-refractivity contribution in [3.8, 4) is 6.01 Å². The molecule has 1 saturated heterocycles. The zero-order chi connectivity index (χ0) is 14.8. The van der Waals surface area contributed by atoms with Gasteiger partial charge in [-0.15, -0.1) is 0 Å². The van der Waals surface area contributed by atoms with Crippen molar-refractivity contribution in [2.75, 3.05) is 30.4 Å². The Morgan fingerprint density at radius 3 is 2.40 bits per heavy atom. The van der Waals surface area contributed by atoms with E-state index in [4.69, 9.17) is 4.74 Å². The molecule has 2 heterocycles. The van der Waals surface area contributed by atoms with Gasteiger partial charge in [0.1, 0.15) is 0 Å². The minimum Gasteiger partial charge on any atom is -0.451 e. The fraction of sp³-hybridized carbons (Fsp3) is 0.727. The average molecular weight is 291 g/mol. The first kappa shape index (κ1) is 14.6. The lowest BCUT2D eigenvalue weighted by Gasteiger charge is -2.19. The Kier molecular flexibility index (Phi) is 4.15. The van der Waals surface area contributed by atoms with E-state index in [1.165, 1.54) is 0 Å². The number of nitrogens with zero attached hydrogens (tertiary/aromatic N) is 4. The predicted molar refractivity (Wildman–Crippen MR) is 67.0 cm³/mol. The van der Waals surface area contributed by atoms with Crippen LogP contribution in [0.1, 0.15) is 19.8 Å². The molecular formula is C11H16F3N5O. The van der Waals surface area contributed by atoms with Crippen molar-refractivity contribution >= 4 is 11.9 Å². The van der Waals surface area contributed by atoms with Crippen LogP contribution >= 0.6 is 0 Å². The van der Waals surface area contributed by atoms with Crippen LogP contribution in [-0.2, 0) is 0 Å². The monoisotopic (exact) mass is 291 g/mol. The second kappa shape index (κ2) is 5.68. The molecule has 1 fully saturated rings. The molecule has 1 unspecified atom stereocenters. The van der Waals surface area contributed by atoms with Gasteiger partial charge in [-0.3, -0.25) is 0 Å². The number of alkyl halides is 3. The standard InChI is InChI=1S/C11H16F3N5O/c1-7(11(12,13)14)20-10-17-8(15-2)16-9(18-10)19-5-3-4-6-19/h7H,3-6H2,1-2H3,(H,15,16,17,18). The van der Waals surface area contributed by atoms with Gasteiger partial charge in [-0.1, -0.05) is 0 Å². The first-order chi connectivity index (χ1) is 9.40. The first-order valence-corrected chi connectivity index (χ1v) is 6.32. The van der Waals surface area contributed by atoms with Crippen LogP contribution < -0.4 is 15.0 Å². The van der Waals surface area contributed by atoms with Crippen molar-refractivity contribution in [3.05, 3.63) is 0 Å². The highest BCUT2D eigenvalue weighted by molar-refractivity contribution is 5.38. The van der Waals surface area contributed by atoms with Crippen molar-refractivity contribution in [3.63, 3.8) is 0 Å². The molecule has 0 spiro atoms. The molecule has 1 aromatic rings. The van der Waals surface area contributed by atoms with Gasteiger partial charge in [0.15, 0.2) is 6.10 Å². The Morgan fingerprint density at radius 2 is 1.85 bits per heavy atom. The molecule has 0 radical (unpaired) electrons. The lowest BCUT2D eigenvalue weighted by Crippen LogP contribution is -2.32. The number of ether oxygens (including phenoxy) is 1. The predicted octanol–water partition coefficient (Wildman–Crippen LogP) is 1.84. The van der Waals surface area contributed by atoms with Crippen LogP contribution in [0.5, 0.6) is 6.01 Å². The van der Waals surface area contributed by atoms with Crippen molar-refractivity contribution in [1.29, 1.82) is 0 Å². The summed E-state index contributed by atoms with van der Waals surface area (Å²) in [6.45, 7) is 2.47. The van der Waals surface area contributed by atoms with Crippen LogP contribution in [0, 0.1) is 0 Å². The van der Waals surface area contributed by atoms with Crippen molar-refractivity contribution < 1.29 is 17.9 Å². The molecule has 2 rings (SSSR count). The summed E-state index contributed by atoms with van der Waals surface area (Å²) >= 11 is 0. The average Bonchev–Trinajstić information content (AvgIpc) is 2.91. The molecule has 112 valence electrons. The van der Waals surface area contributed by atoms with E-state index in [9.17, 15) is 13.2 Å². The van der Waals surface area contributed by atoms with Crippen LogP contribution in [0.4, 0.5) is 25.1 Å². The van der Waals surface area contributed by atoms with Gasteiger partial charge in [0.25, 0.3) is 0 Å². The highest BCUT2D eigenvalue weighted by Crippen LogP contribution is 2.25. The Hall–Kier alpha value is -1.80. The van der Waals surface area contributed by atoms with E-state index in [-0.39, 0.29) is 12.0 Å². The third kappa shape index (κ3) is 3.40. The SMILES string of the molecule is CNc1nc(OC(C)C(F)(F)F)nc(N2CCCC2)n1. The molecule has 1 aliphatic rings. The summed E-state index contributed by atoms with van der Waals surface area (Å²) < 4.78 is 42.3. The molecule has 1 atom stereocenters. The summed E-state index contributed by atoms with van der Waals surface area (Å²) in [5.41, 5.74) is 0. The third-order valence-corrected chi connectivity index (χ3v) is 2.96. The van der Waals surface area contributed by atoms with Crippen LogP contribution in [0.15, 0.2) is 0 Å². The molecule has 9 heteroatoms. The molecule has 20 heavy (non-hydrogen) atoms. The molecule has 1 N–H and O–H groups in total. The summed E-state index contributed by atoms with van der Waals surface area (Å²) in [5, 5.41) is 2.69. The number of hydrogen-bond acceptors (Lipinski definition) is 6. The zero-order valence-electron chi connectivity index (χ0n) is 11.2. The van der Waals surface area contributed by atoms with E-state index >= 15 is 0 Å². The van der Waals surface area contributed by atoms with E-state index in [0.717, 1.165) is 32.9 Å². The lowest BCUT2D eigenvalue weighted by atomic mass is 10.4. The van der Waals surface area contributed by atoms with E-state index in [1.54, 1.807) is 7.05 Å². The Balaban J connectivity index is 2.21. The van der Waals surface area contributed by atoms with Crippen molar-refractivity contribution in [1.82, 2.24) is 15.0 Å². The maximum Gasteiger partial charge on any atom is 0.425 e. The van der Waals surface area contributed by atoms with Gasteiger partial charge in [0.2, 0.25) is 11.9 Å². The molecule has 1 aromatic heterocycles. The van der Waals surface area contributed by atoms with Gasteiger partial charge < -0.3 is 15.0 Å². The first-order valence-electron chi connectivity index (χ1n) is 6.32. The fourth-order valence-electron chi connectivity index (χ4n) is 1.79. The molecule has 0 bridgehead atoms. The third-order valence-electron chi connectivity index (χ3n) is 2.96. The lowest BCUT2D eigenvalue weighted by molar-refractivity contribution is -0.190. The second-order valence-electron chi connectivity index (χ2n) is 4.49. The summed E-state index contributed by atoms with van der Waals surface area (Å²) in [6, 6.07) is -0.323. The molecule has 0 amide bonds. The smallest absolute Gasteiger partial charge is 0.425 e. The van der Waals surface area contributed by atoms with E-state index < -0.39 is 12.3 Å². The minimum atomic E-state index is -4.46. The topological polar surface area (TPSA) is 63.2 Å². The van der Waals surface area contributed by atoms with E-state index in [2.05, 4.69) is 20.3 Å². The van der Waals surface area contributed by atoms with Gasteiger partial charge in [0, 0.05) is 20.1 Å². The fourth-order valence-corrected chi connectivity index (χ4v) is 1.79. The molecule has 6 nitrogen and oxygen atoms in total. The van der Waals surface area contributed by atoms with Crippen LogP contribution in [0.3, 0.4) is 0 Å². The second-order valence-corrected chi connectivity index (χ2v) is 4.49. The van der Waals surface area contributed by atoms with Gasteiger partial charge in [-0.05, 0) is 19.8 Å². The molecule has 0 saturated carbocycles. The highest BCUT2D eigenvalue weighted by atomic mass is 19.4. The highest BCUT2D eigenvalue weighted by Gasteiger charge is 2.38. The van der Waals surface area contributed by atoms with Gasteiger partial charge >= 0.3 is 12.2 Å². The molecule has 0 aliphatic carbocycles. The molecule has 1 aliphatic heterocycles. The zero-order valence-corrected chi connectivity index (χ0v) is 11.2. The van der Waals surface area contributed by atoms with Gasteiger partial charge in [-0.2, -0.15) is 28.1 Å². The minimum absolute atomic E-state index is 0.186. The van der Waals surface area contributed by atoms with Crippen LogP contribution in [0.25, 0.3) is 0 Å². The van der Waals surface area contributed by atoms with Crippen LogP contribution in [-0.4, -0.2) is 47.4 Å².